The van der Waals surface area contributed by atoms with Crippen LogP contribution in [0, 0.1) is 0 Å². The Hall–Kier alpha value is -1.33. The van der Waals surface area contributed by atoms with Crippen molar-refractivity contribution in [2.24, 2.45) is 0 Å². The first kappa shape index (κ1) is 16.0. The van der Waals surface area contributed by atoms with Crippen molar-refractivity contribution in [2.45, 2.75) is 45.2 Å². The highest BCUT2D eigenvalue weighted by Gasteiger charge is 2.18. The van der Waals surface area contributed by atoms with Gasteiger partial charge in [0.15, 0.2) is 0 Å². The molecule has 5 heteroatoms. The van der Waals surface area contributed by atoms with E-state index in [0.29, 0.717) is 6.04 Å². The van der Waals surface area contributed by atoms with Crippen LogP contribution in [-0.4, -0.2) is 23.9 Å². The number of ether oxygens (including phenoxy) is 1. The third-order valence-electron chi connectivity index (χ3n) is 3.94. The lowest BCUT2D eigenvalue weighted by Crippen LogP contribution is -2.19. The van der Waals surface area contributed by atoms with Gasteiger partial charge in [-0.2, -0.15) is 5.10 Å². The third kappa shape index (κ3) is 3.66. The van der Waals surface area contributed by atoms with Gasteiger partial charge >= 0.3 is 0 Å². The molecule has 2 rings (SSSR count). The van der Waals surface area contributed by atoms with Gasteiger partial charge in [-0.3, -0.25) is 4.68 Å². The fourth-order valence-electron chi connectivity index (χ4n) is 2.62. The zero-order valence-electron chi connectivity index (χ0n) is 13.3. The van der Waals surface area contributed by atoms with Crippen LogP contribution < -0.4 is 10.1 Å². The topological polar surface area (TPSA) is 39.1 Å². The average Bonchev–Trinajstić information content (AvgIpc) is 3.15. The van der Waals surface area contributed by atoms with E-state index < -0.39 is 0 Å². The average molecular weight is 307 g/mol. The molecule has 0 spiro atoms. The second-order valence-corrected chi connectivity index (χ2v) is 6.10. The van der Waals surface area contributed by atoms with Crippen molar-refractivity contribution in [3.8, 4) is 5.75 Å². The Morgan fingerprint density at radius 2 is 2.10 bits per heavy atom. The first-order valence-corrected chi connectivity index (χ1v) is 8.44. The lowest BCUT2D eigenvalue weighted by Gasteiger charge is -2.16. The van der Waals surface area contributed by atoms with E-state index in [2.05, 4.69) is 41.5 Å². The van der Waals surface area contributed by atoms with E-state index in [9.17, 15) is 0 Å². The molecule has 0 saturated carbocycles. The van der Waals surface area contributed by atoms with E-state index in [1.54, 1.807) is 18.4 Å². The number of aromatic nitrogens is 2. The molecule has 21 heavy (non-hydrogen) atoms. The molecule has 0 aliphatic carbocycles. The van der Waals surface area contributed by atoms with Crippen LogP contribution in [0.25, 0.3) is 0 Å². The molecule has 0 saturated heterocycles. The molecule has 4 nitrogen and oxygen atoms in total. The highest BCUT2D eigenvalue weighted by atomic mass is 32.1. The SMILES string of the molecule is CCC(CC)n1ccc(CC(NC)c2sccc2OC)n1. The van der Waals surface area contributed by atoms with Gasteiger partial charge in [0.1, 0.15) is 5.75 Å². The molecule has 0 aliphatic heterocycles. The standard InChI is InChI=1S/C16H25N3OS/c1-5-13(6-2)19-9-7-12(18-19)11-14(17-3)16-15(20-4)8-10-21-16/h7-10,13-14,17H,5-6,11H2,1-4H3. The minimum absolute atomic E-state index is 0.241. The van der Waals surface area contributed by atoms with Gasteiger partial charge in [0.25, 0.3) is 0 Å². The molecule has 2 aromatic heterocycles. The molecule has 2 aromatic rings. The molecule has 0 bridgehead atoms. The van der Waals surface area contributed by atoms with E-state index in [-0.39, 0.29) is 6.04 Å². The number of nitrogens with one attached hydrogen (secondary N) is 1. The summed E-state index contributed by atoms with van der Waals surface area (Å²) in [5.41, 5.74) is 1.12. The first-order valence-electron chi connectivity index (χ1n) is 7.56. The summed E-state index contributed by atoms with van der Waals surface area (Å²) in [7, 11) is 3.71. The Kier molecular flexibility index (Phi) is 5.82. The first-order chi connectivity index (χ1) is 10.2. The maximum absolute atomic E-state index is 5.43. The lowest BCUT2D eigenvalue weighted by atomic mass is 10.1. The van der Waals surface area contributed by atoms with Crippen molar-refractivity contribution in [1.29, 1.82) is 0 Å². The zero-order chi connectivity index (χ0) is 15.2. The van der Waals surface area contributed by atoms with Crippen molar-refractivity contribution in [3.63, 3.8) is 0 Å². The molecule has 116 valence electrons. The van der Waals surface area contributed by atoms with Crippen molar-refractivity contribution in [3.05, 3.63) is 34.3 Å². The monoisotopic (exact) mass is 307 g/mol. The van der Waals surface area contributed by atoms with Gasteiger partial charge in [0.05, 0.1) is 29.8 Å². The molecule has 1 unspecified atom stereocenters. The molecule has 0 aromatic carbocycles. The number of rotatable bonds is 8. The minimum Gasteiger partial charge on any atom is -0.496 e. The predicted octanol–water partition coefficient (Wildman–Crippen LogP) is 3.82. The summed E-state index contributed by atoms with van der Waals surface area (Å²) in [6.45, 7) is 4.42. The van der Waals surface area contributed by atoms with E-state index >= 15 is 0 Å². The van der Waals surface area contributed by atoms with Crippen molar-refractivity contribution in [1.82, 2.24) is 15.1 Å². The van der Waals surface area contributed by atoms with Crippen LogP contribution in [0.1, 0.15) is 49.3 Å². The fourth-order valence-corrected chi connectivity index (χ4v) is 3.59. The molecular formula is C16H25N3OS. The summed E-state index contributed by atoms with van der Waals surface area (Å²) in [6.07, 6.45) is 5.21. The van der Waals surface area contributed by atoms with E-state index in [1.165, 1.54) is 4.88 Å². The van der Waals surface area contributed by atoms with Gasteiger partial charge in [-0.25, -0.2) is 0 Å². The number of nitrogens with zero attached hydrogens (tertiary/aromatic N) is 2. The Bertz CT molecular complexity index is 545. The molecule has 1 N–H and O–H groups in total. The summed E-state index contributed by atoms with van der Waals surface area (Å²) in [5.74, 6) is 0.957. The largest absolute Gasteiger partial charge is 0.496 e. The zero-order valence-corrected chi connectivity index (χ0v) is 14.1. The summed E-state index contributed by atoms with van der Waals surface area (Å²) >= 11 is 1.73. The van der Waals surface area contributed by atoms with Crippen LogP contribution in [0.2, 0.25) is 0 Å². The number of likely N-dealkylation sites (N-methyl/N-ethyl adjacent to an activating group) is 1. The molecule has 0 fully saturated rings. The molecule has 0 aliphatic rings. The van der Waals surface area contributed by atoms with Gasteiger partial charge < -0.3 is 10.1 Å². The highest BCUT2D eigenvalue weighted by molar-refractivity contribution is 7.10. The Labute approximate surface area is 131 Å². The number of hydrogen-bond acceptors (Lipinski definition) is 4. The number of hydrogen-bond donors (Lipinski definition) is 1. The van der Waals surface area contributed by atoms with Crippen molar-refractivity contribution < 1.29 is 4.74 Å². The summed E-state index contributed by atoms with van der Waals surface area (Å²) in [6, 6.07) is 4.89. The van der Waals surface area contributed by atoms with Gasteiger partial charge in [-0.05, 0) is 37.4 Å². The fraction of sp³-hybridized carbons (Fsp3) is 0.562. The van der Waals surface area contributed by atoms with Gasteiger partial charge in [-0.15, -0.1) is 11.3 Å². The van der Waals surface area contributed by atoms with Crippen molar-refractivity contribution in [2.75, 3.05) is 14.2 Å². The van der Waals surface area contributed by atoms with Crippen LogP contribution >= 0.6 is 11.3 Å². The predicted molar refractivity (Wildman–Crippen MR) is 88.2 cm³/mol. The van der Waals surface area contributed by atoms with Gasteiger partial charge in [0, 0.05) is 12.6 Å². The highest BCUT2D eigenvalue weighted by Crippen LogP contribution is 2.32. The summed E-state index contributed by atoms with van der Waals surface area (Å²) < 4.78 is 7.53. The molecule has 0 amide bonds. The van der Waals surface area contributed by atoms with Crippen LogP contribution in [0.15, 0.2) is 23.7 Å². The van der Waals surface area contributed by atoms with Gasteiger partial charge in [0.2, 0.25) is 0 Å². The van der Waals surface area contributed by atoms with Crippen LogP contribution in [-0.2, 0) is 6.42 Å². The molecule has 2 heterocycles. The normalized spacial score (nSPS) is 12.8. The van der Waals surface area contributed by atoms with E-state index in [1.807, 2.05) is 13.1 Å². The quantitative estimate of drug-likeness (QED) is 0.806. The Balaban J connectivity index is 2.12. The van der Waals surface area contributed by atoms with Crippen LogP contribution in [0.5, 0.6) is 5.75 Å². The van der Waals surface area contributed by atoms with E-state index in [4.69, 9.17) is 9.84 Å². The summed E-state index contributed by atoms with van der Waals surface area (Å²) in [5, 5.41) is 10.2. The number of methoxy groups -OCH3 is 1. The van der Waals surface area contributed by atoms with Gasteiger partial charge in [-0.1, -0.05) is 13.8 Å². The van der Waals surface area contributed by atoms with Crippen molar-refractivity contribution >= 4 is 11.3 Å². The number of thiophene rings is 1. The minimum atomic E-state index is 0.241. The lowest BCUT2D eigenvalue weighted by molar-refractivity contribution is 0.403. The summed E-state index contributed by atoms with van der Waals surface area (Å²) in [4.78, 5) is 1.23. The molecular weight excluding hydrogens is 282 g/mol. The van der Waals surface area contributed by atoms with E-state index in [0.717, 1.165) is 30.7 Å². The van der Waals surface area contributed by atoms with Crippen LogP contribution in [0.3, 0.4) is 0 Å². The maximum atomic E-state index is 5.43. The third-order valence-corrected chi connectivity index (χ3v) is 4.95. The smallest absolute Gasteiger partial charge is 0.134 e. The van der Waals surface area contributed by atoms with Crippen LogP contribution in [0.4, 0.5) is 0 Å². The molecule has 0 radical (unpaired) electrons. The molecule has 1 atom stereocenters. The Morgan fingerprint density at radius 3 is 2.71 bits per heavy atom. The second-order valence-electron chi connectivity index (χ2n) is 5.16. The maximum Gasteiger partial charge on any atom is 0.134 e. The second kappa shape index (κ2) is 7.61. The Morgan fingerprint density at radius 1 is 1.33 bits per heavy atom.